The number of anilines is 5. The molecule has 0 spiro atoms. The highest BCUT2D eigenvalue weighted by Gasteiger charge is 2.28. The van der Waals surface area contributed by atoms with Crippen LogP contribution in [0.25, 0.3) is 0 Å². The second kappa shape index (κ2) is 12.4. The SMILES string of the molecule is CCc1nc(N)c(Nc2ccc(N3CCC(N4CCN(C)CC4)CC3)c(OC)c2)nc1NC1CCOCC1. The highest BCUT2D eigenvalue weighted by molar-refractivity contribution is 5.72. The number of nitrogens with two attached hydrogens (primary N) is 1. The van der Waals surface area contributed by atoms with Crippen LogP contribution >= 0.6 is 0 Å². The molecular formula is C28H44N8O2. The minimum atomic E-state index is 0.333. The van der Waals surface area contributed by atoms with Gasteiger partial charge in [0.25, 0.3) is 0 Å². The minimum absolute atomic E-state index is 0.333. The number of nitrogens with zero attached hydrogens (tertiary/aromatic N) is 5. The lowest BCUT2D eigenvalue weighted by Gasteiger charge is -2.42. The maximum Gasteiger partial charge on any atom is 0.175 e. The number of methoxy groups -OCH3 is 1. The maximum atomic E-state index is 6.32. The second-order valence-electron chi connectivity index (χ2n) is 10.7. The number of hydrogen-bond acceptors (Lipinski definition) is 10. The number of piperazine rings is 1. The number of benzene rings is 1. The molecule has 0 atom stereocenters. The molecule has 3 saturated heterocycles. The third-order valence-corrected chi connectivity index (χ3v) is 8.19. The van der Waals surface area contributed by atoms with Gasteiger partial charge in [-0.1, -0.05) is 6.92 Å². The predicted octanol–water partition coefficient (Wildman–Crippen LogP) is 3.18. The van der Waals surface area contributed by atoms with Gasteiger partial charge in [-0.3, -0.25) is 4.90 Å². The topological polar surface area (TPSA) is 104 Å². The number of rotatable bonds is 8. The lowest BCUT2D eigenvalue weighted by atomic mass is 10.0. The van der Waals surface area contributed by atoms with Crippen LogP contribution in [0.4, 0.5) is 28.8 Å². The van der Waals surface area contributed by atoms with E-state index in [2.05, 4.69) is 56.4 Å². The fourth-order valence-electron chi connectivity index (χ4n) is 5.79. The molecule has 208 valence electrons. The number of likely N-dealkylation sites (N-methyl/N-ethyl adjacent to an activating group) is 1. The molecule has 0 bridgehead atoms. The van der Waals surface area contributed by atoms with Gasteiger partial charge in [-0.15, -0.1) is 0 Å². The molecule has 38 heavy (non-hydrogen) atoms. The van der Waals surface area contributed by atoms with E-state index in [4.69, 9.17) is 20.2 Å². The van der Waals surface area contributed by atoms with Crippen molar-refractivity contribution >= 4 is 28.8 Å². The molecule has 0 unspecified atom stereocenters. The number of hydrogen-bond donors (Lipinski definition) is 3. The summed E-state index contributed by atoms with van der Waals surface area (Å²) in [6, 6.07) is 7.26. The molecule has 0 radical (unpaired) electrons. The van der Waals surface area contributed by atoms with Gasteiger partial charge < -0.3 is 35.6 Å². The summed E-state index contributed by atoms with van der Waals surface area (Å²) in [6.45, 7) is 10.4. The maximum absolute atomic E-state index is 6.32. The zero-order valence-electron chi connectivity index (χ0n) is 23.2. The van der Waals surface area contributed by atoms with Gasteiger partial charge in [0.1, 0.15) is 5.75 Å². The van der Waals surface area contributed by atoms with E-state index >= 15 is 0 Å². The van der Waals surface area contributed by atoms with E-state index in [-0.39, 0.29) is 0 Å². The molecule has 1 aromatic heterocycles. The number of aryl methyl sites for hydroxylation is 1. The Morgan fingerprint density at radius 2 is 1.74 bits per heavy atom. The molecule has 4 heterocycles. The first-order chi connectivity index (χ1) is 18.5. The molecule has 5 rings (SSSR count). The van der Waals surface area contributed by atoms with Crippen LogP contribution in [0.3, 0.4) is 0 Å². The highest BCUT2D eigenvalue weighted by atomic mass is 16.5. The molecule has 3 aliphatic rings. The zero-order chi connectivity index (χ0) is 26.5. The second-order valence-corrected chi connectivity index (χ2v) is 10.7. The Morgan fingerprint density at radius 1 is 1.00 bits per heavy atom. The Balaban J connectivity index is 1.26. The van der Waals surface area contributed by atoms with Crippen molar-refractivity contribution in [3.05, 3.63) is 23.9 Å². The Bertz CT molecular complexity index is 1060. The lowest BCUT2D eigenvalue weighted by Crippen LogP contribution is -2.52. The van der Waals surface area contributed by atoms with Crippen LogP contribution in [-0.2, 0) is 11.2 Å². The van der Waals surface area contributed by atoms with E-state index in [1.54, 1.807) is 7.11 Å². The molecule has 4 N–H and O–H groups in total. The van der Waals surface area contributed by atoms with Crippen molar-refractivity contribution < 1.29 is 9.47 Å². The van der Waals surface area contributed by atoms with E-state index < -0.39 is 0 Å². The summed E-state index contributed by atoms with van der Waals surface area (Å²) >= 11 is 0. The summed E-state index contributed by atoms with van der Waals surface area (Å²) in [7, 11) is 3.95. The van der Waals surface area contributed by atoms with Crippen LogP contribution in [0.2, 0.25) is 0 Å². The van der Waals surface area contributed by atoms with Crippen LogP contribution in [0.5, 0.6) is 5.75 Å². The smallest absolute Gasteiger partial charge is 0.175 e. The van der Waals surface area contributed by atoms with Gasteiger partial charge in [0.05, 0.1) is 18.5 Å². The minimum Gasteiger partial charge on any atom is -0.495 e. The average Bonchev–Trinajstić information content (AvgIpc) is 2.95. The van der Waals surface area contributed by atoms with Gasteiger partial charge in [0, 0.05) is 76.3 Å². The summed E-state index contributed by atoms with van der Waals surface area (Å²) in [5.74, 6) is 2.60. The number of nitrogens with one attached hydrogen (secondary N) is 2. The van der Waals surface area contributed by atoms with Gasteiger partial charge in [-0.25, -0.2) is 9.97 Å². The molecule has 0 amide bonds. The van der Waals surface area contributed by atoms with Gasteiger partial charge in [-0.2, -0.15) is 0 Å². The number of aromatic nitrogens is 2. The van der Waals surface area contributed by atoms with Gasteiger partial charge in [0.2, 0.25) is 0 Å². The molecular weight excluding hydrogens is 480 g/mol. The predicted molar refractivity (Wildman–Crippen MR) is 154 cm³/mol. The Hall–Kier alpha value is -2.82. The first-order valence-electron chi connectivity index (χ1n) is 14.2. The van der Waals surface area contributed by atoms with Gasteiger partial charge in [-0.05, 0) is 51.3 Å². The molecule has 0 aliphatic carbocycles. The molecule has 10 heteroatoms. The third-order valence-electron chi connectivity index (χ3n) is 8.19. The standard InChI is InChI=1S/C28H44N8O2/c1-4-23-27(30-20-9-17-38-18-10-20)33-28(26(29)32-23)31-21-5-6-24(25(19-21)37-3)36-11-7-22(8-12-36)35-15-13-34(2)14-16-35/h5-6,19-20,22H,4,7-18H2,1-3H3,(H2,29,32)(H2,30,31,33). The normalized spacial score (nSPS) is 20.4. The largest absolute Gasteiger partial charge is 0.495 e. The number of nitrogen functional groups attached to an aromatic ring is 1. The van der Waals surface area contributed by atoms with Crippen LogP contribution < -0.4 is 26.0 Å². The Morgan fingerprint density at radius 3 is 2.42 bits per heavy atom. The third kappa shape index (κ3) is 6.24. The van der Waals surface area contributed by atoms with Crippen molar-refractivity contribution in [1.82, 2.24) is 19.8 Å². The van der Waals surface area contributed by atoms with E-state index in [1.165, 1.54) is 39.0 Å². The van der Waals surface area contributed by atoms with Crippen molar-refractivity contribution in [3.63, 3.8) is 0 Å². The van der Waals surface area contributed by atoms with E-state index in [1.807, 2.05) is 6.07 Å². The fraction of sp³-hybridized carbons (Fsp3) is 0.643. The van der Waals surface area contributed by atoms with Crippen LogP contribution in [0.15, 0.2) is 18.2 Å². The highest BCUT2D eigenvalue weighted by Crippen LogP contribution is 2.35. The summed E-state index contributed by atoms with van der Waals surface area (Å²) < 4.78 is 11.3. The van der Waals surface area contributed by atoms with Crippen LogP contribution in [-0.4, -0.2) is 98.5 Å². The van der Waals surface area contributed by atoms with Crippen LogP contribution in [0.1, 0.15) is 38.3 Å². The first-order valence-corrected chi connectivity index (χ1v) is 14.2. The average molecular weight is 525 g/mol. The summed E-state index contributed by atoms with van der Waals surface area (Å²) in [4.78, 5) is 17.1. The van der Waals surface area contributed by atoms with Gasteiger partial charge >= 0.3 is 0 Å². The van der Waals surface area contributed by atoms with E-state index in [9.17, 15) is 0 Å². The van der Waals surface area contributed by atoms with Crippen molar-refractivity contribution in [2.24, 2.45) is 0 Å². The van der Waals surface area contributed by atoms with E-state index in [0.717, 1.165) is 74.2 Å². The van der Waals surface area contributed by atoms with Crippen molar-refractivity contribution in [3.8, 4) is 5.75 Å². The molecule has 3 fully saturated rings. The summed E-state index contributed by atoms with van der Waals surface area (Å²) in [6.07, 6.45) is 5.06. The first kappa shape index (κ1) is 26.8. The monoisotopic (exact) mass is 524 g/mol. The Labute approximate surface area is 226 Å². The van der Waals surface area contributed by atoms with Crippen molar-refractivity contribution in [2.45, 2.75) is 51.1 Å². The summed E-state index contributed by atoms with van der Waals surface area (Å²) in [5, 5.41) is 6.96. The quantitative estimate of drug-likeness (QED) is 0.477. The number of ether oxygens (including phenoxy) is 2. The van der Waals surface area contributed by atoms with E-state index in [0.29, 0.717) is 23.7 Å². The van der Waals surface area contributed by atoms with Crippen molar-refractivity contribution in [1.29, 1.82) is 0 Å². The summed E-state index contributed by atoms with van der Waals surface area (Å²) in [5.41, 5.74) is 9.21. The Kier molecular flexibility index (Phi) is 8.71. The lowest BCUT2D eigenvalue weighted by molar-refractivity contribution is 0.0903. The van der Waals surface area contributed by atoms with Crippen LogP contribution in [0, 0.1) is 0 Å². The molecule has 1 aromatic carbocycles. The van der Waals surface area contributed by atoms with Gasteiger partial charge in [0.15, 0.2) is 17.5 Å². The molecule has 3 aliphatic heterocycles. The zero-order valence-corrected chi connectivity index (χ0v) is 23.2. The molecule has 0 saturated carbocycles. The molecule has 10 nitrogen and oxygen atoms in total. The van der Waals surface area contributed by atoms with Crippen molar-refractivity contribution in [2.75, 3.05) is 87.9 Å². The fourth-order valence-corrected chi connectivity index (χ4v) is 5.79. The number of piperidine rings is 1. The molecule has 2 aromatic rings.